The van der Waals surface area contributed by atoms with Crippen molar-refractivity contribution < 1.29 is 15.0 Å². The molecule has 0 aliphatic heterocycles. The highest BCUT2D eigenvalue weighted by Crippen LogP contribution is 2.68. The van der Waals surface area contributed by atoms with Crippen molar-refractivity contribution in [1.82, 2.24) is 0 Å². The van der Waals surface area contributed by atoms with Gasteiger partial charge in [-0.2, -0.15) is 0 Å². The maximum absolute atomic E-state index is 10.6. The van der Waals surface area contributed by atoms with E-state index in [-0.39, 0.29) is 17.9 Å². The Hall–Kier alpha value is -0.570. The molecular formula is C8H14O3. The fourth-order valence-corrected chi connectivity index (χ4v) is 1.95. The second-order valence-corrected chi connectivity index (χ2v) is 4.07. The van der Waals surface area contributed by atoms with Crippen molar-refractivity contribution in [3.63, 3.8) is 0 Å². The monoisotopic (exact) mass is 158 g/mol. The van der Waals surface area contributed by atoms with Gasteiger partial charge in [-0.05, 0) is 5.41 Å². The third-order valence-electron chi connectivity index (χ3n) is 3.32. The highest BCUT2D eigenvalue weighted by molar-refractivity contribution is 5.76. The van der Waals surface area contributed by atoms with Crippen LogP contribution in [0.2, 0.25) is 0 Å². The predicted octanol–water partition coefficient (Wildman–Crippen LogP) is 0.726. The lowest BCUT2D eigenvalue weighted by molar-refractivity contribution is -0.140. The maximum Gasteiger partial charge on any atom is 0.307 e. The topological polar surface area (TPSA) is 57.5 Å². The number of carboxylic acids is 1. The van der Waals surface area contributed by atoms with Crippen LogP contribution in [0.25, 0.3) is 0 Å². The van der Waals surface area contributed by atoms with Crippen LogP contribution in [0, 0.1) is 16.7 Å². The molecule has 3 nitrogen and oxygen atoms in total. The summed E-state index contributed by atoms with van der Waals surface area (Å²) in [7, 11) is 0. The van der Waals surface area contributed by atoms with Crippen molar-refractivity contribution in [1.29, 1.82) is 0 Å². The van der Waals surface area contributed by atoms with Crippen LogP contribution in [0.3, 0.4) is 0 Å². The zero-order chi connectivity index (χ0) is 8.86. The summed E-state index contributed by atoms with van der Waals surface area (Å²) >= 11 is 0. The van der Waals surface area contributed by atoms with Gasteiger partial charge in [-0.3, -0.25) is 4.79 Å². The molecule has 0 radical (unpaired) electrons. The molecule has 1 aliphatic rings. The van der Waals surface area contributed by atoms with Gasteiger partial charge in [-0.1, -0.05) is 20.8 Å². The molecule has 0 spiro atoms. The summed E-state index contributed by atoms with van der Waals surface area (Å²) in [6.07, 6.45) is 0. The van der Waals surface area contributed by atoms with Crippen LogP contribution in [0.4, 0.5) is 0 Å². The quantitative estimate of drug-likeness (QED) is 0.622. The summed E-state index contributed by atoms with van der Waals surface area (Å²) in [5.74, 6) is -1.19. The number of aliphatic carboxylic acids is 1. The Kier molecular flexibility index (Phi) is 1.53. The molecule has 0 aromatic heterocycles. The average molecular weight is 158 g/mol. The van der Waals surface area contributed by atoms with E-state index in [9.17, 15) is 4.79 Å². The van der Waals surface area contributed by atoms with Crippen LogP contribution in [0.1, 0.15) is 20.8 Å². The van der Waals surface area contributed by atoms with Crippen LogP contribution >= 0.6 is 0 Å². The highest BCUT2D eigenvalue weighted by Gasteiger charge is 2.71. The van der Waals surface area contributed by atoms with E-state index in [1.165, 1.54) is 0 Å². The molecule has 2 N–H and O–H groups in total. The normalized spacial score (nSPS) is 40.2. The van der Waals surface area contributed by atoms with E-state index in [0.29, 0.717) is 0 Å². The average Bonchev–Trinajstić information content (AvgIpc) is 2.29. The molecule has 0 bridgehead atoms. The third-order valence-corrected chi connectivity index (χ3v) is 3.32. The molecular weight excluding hydrogens is 144 g/mol. The molecule has 1 rings (SSSR count). The molecule has 0 amide bonds. The van der Waals surface area contributed by atoms with Crippen LogP contribution in [-0.2, 0) is 4.79 Å². The molecule has 2 atom stereocenters. The van der Waals surface area contributed by atoms with Crippen LogP contribution in [-0.4, -0.2) is 22.8 Å². The Morgan fingerprint density at radius 3 is 2.00 bits per heavy atom. The first-order chi connectivity index (χ1) is 4.88. The summed E-state index contributed by atoms with van der Waals surface area (Å²) < 4.78 is 0. The molecule has 1 saturated carbocycles. The summed E-state index contributed by atoms with van der Waals surface area (Å²) in [5.41, 5.74) is -0.674. The molecule has 0 saturated heterocycles. The van der Waals surface area contributed by atoms with Crippen LogP contribution in [0.5, 0.6) is 0 Å². The van der Waals surface area contributed by atoms with E-state index in [0.717, 1.165) is 0 Å². The summed E-state index contributed by atoms with van der Waals surface area (Å²) in [6, 6.07) is 0. The number of aliphatic hydroxyl groups is 1. The number of hydrogen-bond donors (Lipinski definition) is 2. The van der Waals surface area contributed by atoms with E-state index < -0.39 is 11.4 Å². The smallest absolute Gasteiger partial charge is 0.307 e. The van der Waals surface area contributed by atoms with Crippen molar-refractivity contribution in [3.05, 3.63) is 0 Å². The van der Waals surface area contributed by atoms with Gasteiger partial charge in [0.2, 0.25) is 0 Å². The van der Waals surface area contributed by atoms with E-state index in [1.54, 1.807) is 0 Å². The maximum atomic E-state index is 10.6. The molecule has 0 aromatic carbocycles. The van der Waals surface area contributed by atoms with Gasteiger partial charge in [0.1, 0.15) is 0 Å². The minimum absolute atomic E-state index is 0.0447. The van der Waals surface area contributed by atoms with E-state index >= 15 is 0 Å². The standard InChI is InChI=1S/C8H14O3/c1-7(2)5(6(10)11)8(7,3)4-9/h5,9H,4H2,1-3H3,(H,10,11). The largest absolute Gasteiger partial charge is 0.481 e. The van der Waals surface area contributed by atoms with E-state index in [2.05, 4.69) is 0 Å². The number of carbonyl (C=O) groups is 1. The molecule has 0 aromatic rings. The Labute approximate surface area is 66.0 Å². The Morgan fingerprint density at radius 2 is 1.91 bits per heavy atom. The van der Waals surface area contributed by atoms with Crippen LogP contribution < -0.4 is 0 Å². The van der Waals surface area contributed by atoms with Crippen molar-refractivity contribution in [2.24, 2.45) is 16.7 Å². The van der Waals surface area contributed by atoms with Gasteiger partial charge < -0.3 is 10.2 Å². The Bertz CT molecular complexity index is 198. The number of hydrogen-bond acceptors (Lipinski definition) is 2. The lowest BCUT2D eigenvalue weighted by Crippen LogP contribution is -2.11. The fourth-order valence-electron chi connectivity index (χ4n) is 1.95. The Balaban J connectivity index is 2.83. The Morgan fingerprint density at radius 1 is 1.45 bits per heavy atom. The summed E-state index contributed by atoms with van der Waals surface area (Å²) in [5, 5.41) is 17.7. The predicted molar refractivity (Wildman–Crippen MR) is 40.1 cm³/mol. The van der Waals surface area contributed by atoms with Gasteiger partial charge in [0.05, 0.1) is 5.92 Å². The zero-order valence-corrected chi connectivity index (χ0v) is 7.09. The van der Waals surface area contributed by atoms with Gasteiger partial charge in [0.25, 0.3) is 0 Å². The lowest BCUT2D eigenvalue weighted by Gasteiger charge is -2.08. The zero-order valence-electron chi connectivity index (χ0n) is 7.09. The summed E-state index contributed by atoms with van der Waals surface area (Å²) in [6.45, 7) is 5.52. The first-order valence-electron chi connectivity index (χ1n) is 3.71. The molecule has 2 unspecified atom stereocenters. The second-order valence-electron chi connectivity index (χ2n) is 4.07. The number of carboxylic acid groups (broad SMARTS) is 1. The van der Waals surface area contributed by atoms with Gasteiger partial charge in [0.15, 0.2) is 0 Å². The lowest BCUT2D eigenvalue weighted by atomic mass is 10.00. The van der Waals surface area contributed by atoms with Gasteiger partial charge in [-0.15, -0.1) is 0 Å². The van der Waals surface area contributed by atoms with Crippen molar-refractivity contribution >= 4 is 5.97 Å². The SMILES string of the molecule is CC1(C)C(C(=O)O)C1(C)CO. The fraction of sp³-hybridized carbons (Fsp3) is 0.875. The van der Waals surface area contributed by atoms with Crippen molar-refractivity contribution in [2.75, 3.05) is 6.61 Å². The van der Waals surface area contributed by atoms with Gasteiger partial charge in [0, 0.05) is 12.0 Å². The van der Waals surface area contributed by atoms with Crippen LogP contribution in [0.15, 0.2) is 0 Å². The van der Waals surface area contributed by atoms with E-state index in [4.69, 9.17) is 10.2 Å². The molecule has 64 valence electrons. The third kappa shape index (κ3) is 0.805. The molecule has 3 heteroatoms. The first-order valence-corrected chi connectivity index (χ1v) is 3.71. The highest BCUT2D eigenvalue weighted by atomic mass is 16.4. The van der Waals surface area contributed by atoms with Crippen molar-refractivity contribution in [2.45, 2.75) is 20.8 Å². The molecule has 0 heterocycles. The van der Waals surface area contributed by atoms with E-state index in [1.807, 2.05) is 20.8 Å². The minimum Gasteiger partial charge on any atom is -0.481 e. The summed E-state index contributed by atoms with van der Waals surface area (Å²) in [4.78, 5) is 10.6. The number of rotatable bonds is 2. The van der Waals surface area contributed by atoms with Gasteiger partial charge in [-0.25, -0.2) is 0 Å². The minimum atomic E-state index is -0.799. The van der Waals surface area contributed by atoms with Crippen molar-refractivity contribution in [3.8, 4) is 0 Å². The molecule has 1 aliphatic carbocycles. The van der Waals surface area contributed by atoms with Gasteiger partial charge >= 0.3 is 5.97 Å². The molecule has 11 heavy (non-hydrogen) atoms. The second kappa shape index (κ2) is 1.97. The first kappa shape index (κ1) is 8.53. The molecule has 1 fully saturated rings. The number of aliphatic hydroxyl groups excluding tert-OH is 1.